The highest BCUT2D eigenvalue weighted by Crippen LogP contribution is 2.23. The molecule has 0 atom stereocenters. The fourth-order valence-electron chi connectivity index (χ4n) is 3.33. The quantitative estimate of drug-likeness (QED) is 0.404. The lowest BCUT2D eigenvalue weighted by molar-refractivity contribution is 0.0476. The second-order valence-corrected chi connectivity index (χ2v) is 7.40. The number of aromatic nitrogens is 3. The number of aromatic amines is 1. The molecule has 146 valence electrons. The average molecular weight is 407 g/mol. The highest BCUT2D eigenvalue weighted by molar-refractivity contribution is 7.12. The predicted octanol–water partition coefficient (Wildman–Crippen LogP) is 3.43. The number of aryl methyl sites for hydroxylation is 1. The second-order valence-electron chi connectivity index (χ2n) is 6.53. The average Bonchev–Trinajstić information content (AvgIpc) is 3.32. The Morgan fingerprint density at radius 1 is 1.17 bits per heavy atom. The number of fused-ring (bicyclic) bond motifs is 1. The first-order valence-corrected chi connectivity index (χ1v) is 9.75. The Bertz CT molecular complexity index is 1290. The van der Waals surface area contributed by atoms with Crippen molar-refractivity contribution in [2.75, 3.05) is 6.61 Å². The van der Waals surface area contributed by atoms with Gasteiger partial charge in [0.05, 0.1) is 5.56 Å². The topological polar surface area (TPSA) is 94.0 Å². The first kappa shape index (κ1) is 18.8. The Balaban J connectivity index is 1.56. The van der Waals surface area contributed by atoms with Crippen LogP contribution < -0.4 is 5.56 Å². The van der Waals surface area contributed by atoms with E-state index >= 15 is 0 Å². The van der Waals surface area contributed by atoms with Gasteiger partial charge in [0.2, 0.25) is 11.3 Å². The molecular formula is C21H17N3O4S. The standard InChI is InChI=1S/C21H17N3O4S/c1-12-9-15(13(2)24(12)21-22-7-8-29-21)18(25)11-28-20(27)16-10-19(26)23-17-6-4-3-5-14(16)17/h3-10H,11H2,1-2H3,(H,23,26). The van der Waals surface area contributed by atoms with Gasteiger partial charge in [-0.05, 0) is 26.0 Å². The Labute approximate surface area is 169 Å². The van der Waals surface area contributed by atoms with Gasteiger partial charge >= 0.3 is 5.97 Å². The third-order valence-corrected chi connectivity index (χ3v) is 5.40. The predicted molar refractivity (Wildman–Crippen MR) is 110 cm³/mol. The zero-order chi connectivity index (χ0) is 20.5. The van der Waals surface area contributed by atoms with E-state index in [1.54, 1.807) is 36.5 Å². The van der Waals surface area contributed by atoms with Crippen LogP contribution in [0.1, 0.15) is 32.1 Å². The van der Waals surface area contributed by atoms with Gasteiger partial charge in [0.15, 0.2) is 11.7 Å². The molecule has 0 unspecified atom stereocenters. The second kappa shape index (κ2) is 7.48. The zero-order valence-electron chi connectivity index (χ0n) is 15.8. The van der Waals surface area contributed by atoms with Gasteiger partial charge in [0, 0.05) is 45.5 Å². The summed E-state index contributed by atoms with van der Waals surface area (Å²) in [6, 6.07) is 9.88. The molecule has 0 aliphatic carbocycles. The number of carbonyl (C=O) groups excluding carboxylic acids is 2. The van der Waals surface area contributed by atoms with E-state index in [0.29, 0.717) is 16.5 Å². The summed E-state index contributed by atoms with van der Waals surface area (Å²) in [5.74, 6) is -1.03. The van der Waals surface area contributed by atoms with Gasteiger partial charge < -0.3 is 9.72 Å². The van der Waals surface area contributed by atoms with E-state index in [1.807, 2.05) is 23.8 Å². The summed E-state index contributed by atoms with van der Waals surface area (Å²) in [4.78, 5) is 44.0. The molecule has 1 N–H and O–H groups in total. The molecule has 0 radical (unpaired) electrons. The molecule has 0 spiro atoms. The van der Waals surface area contributed by atoms with Crippen LogP contribution in [0.15, 0.2) is 52.8 Å². The fraction of sp³-hybridized carbons (Fsp3) is 0.143. The number of nitrogens with one attached hydrogen (secondary N) is 1. The monoisotopic (exact) mass is 407 g/mol. The largest absolute Gasteiger partial charge is 0.454 e. The number of ether oxygens (including phenoxy) is 1. The summed E-state index contributed by atoms with van der Waals surface area (Å²) in [7, 11) is 0. The highest BCUT2D eigenvalue weighted by atomic mass is 32.1. The first-order valence-electron chi connectivity index (χ1n) is 8.87. The number of hydrogen-bond donors (Lipinski definition) is 1. The van der Waals surface area contributed by atoms with Crippen molar-refractivity contribution in [1.29, 1.82) is 0 Å². The molecule has 0 amide bonds. The minimum Gasteiger partial charge on any atom is -0.454 e. The molecule has 4 aromatic rings. The number of esters is 1. The molecule has 3 heterocycles. The summed E-state index contributed by atoms with van der Waals surface area (Å²) >= 11 is 1.47. The number of para-hydroxylation sites is 1. The normalized spacial score (nSPS) is 11.0. The maximum atomic E-state index is 12.7. The lowest BCUT2D eigenvalue weighted by Gasteiger charge is -2.08. The molecule has 4 rings (SSSR count). The Hall–Kier alpha value is -3.52. The summed E-state index contributed by atoms with van der Waals surface area (Å²) in [5, 5.41) is 3.20. The van der Waals surface area contributed by atoms with E-state index in [0.717, 1.165) is 16.5 Å². The Kier molecular flexibility index (Phi) is 4.85. The Morgan fingerprint density at radius 2 is 1.97 bits per heavy atom. The van der Waals surface area contributed by atoms with Crippen LogP contribution in [0.2, 0.25) is 0 Å². The number of carbonyl (C=O) groups is 2. The van der Waals surface area contributed by atoms with Crippen LogP contribution in [0.4, 0.5) is 0 Å². The number of hydrogen-bond acceptors (Lipinski definition) is 6. The van der Waals surface area contributed by atoms with Gasteiger partial charge in [0.25, 0.3) is 0 Å². The van der Waals surface area contributed by atoms with Crippen LogP contribution in [0.5, 0.6) is 0 Å². The molecule has 0 saturated heterocycles. The molecule has 1 aromatic carbocycles. The molecule has 0 bridgehead atoms. The third kappa shape index (κ3) is 3.50. The lowest BCUT2D eigenvalue weighted by Crippen LogP contribution is -2.17. The number of Topliss-reactive ketones (excluding diaryl/α,β-unsaturated/α-hetero) is 1. The van der Waals surface area contributed by atoms with Crippen LogP contribution in [0.3, 0.4) is 0 Å². The summed E-state index contributed by atoms with van der Waals surface area (Å²) in [6.45, 7) is 3.30. The van der Waals surface area contributed by atoms with Crippen LogP contribution in [0.25, 0.3) is 16.0 Å². The van der Waals surface area contributed by atoms with E-state index in [9.17, 15) is 14.4 Å². The smallest absolute Gasteiger partial charge is 0.339 e. The third-order valence-electron chi connectivity index (χ3n) is 4.65. The van der Waals surface area contributed by atoms with Gasteiger partial charge in [-0.2, -0.15) is 0 Å². The highest BCUT2D eigenvalue weighted by Gasteiger charge is 2.20. The molecule has 0 saturated carbocycles. The minimum atomic E-state index is -0.714. The van der Waals surface area contributed by atoms with Crippen LogP contribution in [-0.4, -0.2) is 32.9 Å². The number of pyridine rings is 1. The number of thiazole rings is 1. The lowest BCUT2D eigenvalue weighted by atomic mass is 10.1. The van der Waals surface area contributed by atoms with Crippen molar-refractivity contribution in [2.45, 2.75) is 13.8 Å². The van der Waals surface area contributed by atoms with Gasteiger partial charge in [-0.15, -0.1) is 11.3 Å². The molecule has 0 aliphatic heterocycles. The van der Waals surface area contributed by atoms with Crippen molar-refractivity contribution in [3.8, 4) is 5.13 Å². The molecule has 3 aromatic heterocycles. The van der Waals surface area contributed by atoms with Crippen molar-refractivity contribution >= 4 is 34.0 Å². The van der Waals surface area contributed by atoms with Crippen molar-refractivity contribution in [3.63, 3.8) is 0 Å². The van der Waals surface area contributed by atoms with Crippen molar-refractivity contribution in [1.82, 2.24) is 14.5 Å². The maximum Gasteiger partial charge on any atom is 0.339 e. The van der Waals surface area contributed by atoms with Gasteiger partial charge in [-0.3, -0.25) is 14.2 Å². The van der Waals surface area contributed by atoms with E-state index in [1.165, 1.54) is 17.4 Å². The van der Waals surface area contributed by atoms with E-state index in [2.05, 4.69) is 9.97 Å². The van der Waals surface area contributed by atoms with E-state index in [4.69, 9.17) is 4.74 Å². The molecular weight excluding hydrogens is 390 g/mol. The first-order chi connectivity index (χ1) is 14.0. The van der Waals surface area contributed by atoms with Crippen molar-refractivity contribution in [2.24, 2.45) is 0 Å². The number of benzene rings is 1. The number of nitrogens with zero attached hydrogens (tertiary/aromatic N) is 2. The summed E-state index contributed by atoms with van der Waals surface area (Å²) < 4.78 is 7.13. The van der Waals surface area contributed by atoms with Gasteiger partial charge in [-0.25, -0.2) is 9.78 Å². The summed E-state index contributed by atoms with van der Waals surface area (Å²) in [6.07, 6.45) is 1.70. The van der Waals surface area contributed by atoms with Gasteiger partial charge in [0.1, 0.15) is 0 Å². The molecule has 0 fully saturated rings. The van der Waals surface area contributed by atoms with Crippen LogP contribution in [0, 0.1) is 13.8 Å². The maximum absolute atomic E-state index is 12.7. The van der Waals surface area contributed by atoms with Crippen molar-refractivity contribution < 1.29 is 14.3 Å². The number of rotatable bonds is 5. The van der Waals surface area contributed by atoms with Crippen LogP contribution >= 0.6 is 11.3 Å². The van der Waals surface area contributed by atoms with Crippen molar-refractivity contribution in [3.05, 3.63) is 80.8 Å². The molecule has 29 heavy (non-hydrogen) atoms. The van der Waals surface area contributed by atoms with Crippen LogP contribution in [-0.2, 0) is 4.74 Å². The van der Waals surface area contributed by atoms with E-state index in [-0.39, 0.29) is 11.3 Å². The molecule has 7 nitrogen and oxygen atoms in total. The number of H-pyrrole nitrogens is 1. The van der Waals surface area contributed by atoms with Gasteiger partial charge in [-0.1, -0.05) is 18.2 Å². The fourth-order valence-corrected chi connectivity index (χ4v) is 4.08. The van der Waals surface area contributed by atoms with E-state index < -0.39 is 18.1 Å². The zero-order valence-corrected chi connectivity index (χ0v) is 16.6. The Morgan fingerprint density at radius 3 is 2.72 bits per heavy atom. The molecule has 8 heteroatoms. The minimum absolute atomic E-state index is 0.130. The summed E-state index contributed by atoms with van der Waals surface area (Å²) in [5.41, 5.74) is 2.33. The number of ketones is 1. The molecule has 0 aliphatic rings. The SMILES string of the molecule is Cc1cc(C(=O)COC(=O)c2cc(=O)[nH]c3ccccc23)c(C)n1-c1nccs1.